The average molecular weight is 315 g/mol. The number of rotatable bonds is 4. The number of nitrogens with one attached hydrogen (secondary N) is 1. The molecule has 0 spiro atoms. The number of aryl methyl sites for hydroxylation is 1. The van der Waals surface area contributed by atoms with Crippen LogP contribution in [0, 0.1) is 0 Å². The van der Waals surface area contributed by atoms with Crippen LogP contribution >= 0.6 is 0 Å². The van der Waals surface area contributed by atoms with E-state index in [-0.39, 0.29) is 0 Å². The Morgan fingerprint density at radius 1 is 1.00 bits per heavy atom. The molecule has 0 atom stereocenters. The molecular formula is C19H17N5. The zero-order valence-electron chi connectivity index (χ0n) is 13.3. The zero-order chi connectivity index (χ0) is 16.4. The molecule has 1 N–H and O–H groups in total. The van der Waals surface area contributed by atoms with E-state index in [0.29, 0.717) is 0 Å². The predicted molar refractivity (Wildman–Crippen MR) is 95.3 cm³/mol. The lowest BCUT2D eigenvalue weighted by Gasteiger charge is -2.07. The average Bonchev–Trinajstić information content (AvgIpc) is 3.01. The van der Waals surface area contributed by atoms with Crippen LogP contribution in [-0.2, 0) is 6.42 Å². The Kier molecular flexibility index (Phi) is 3.67. The van der Waals surface area contributed by atoms with Crippen molar-refractivity contribution in [3.05, 3.63) is 72.8 Å². The topological polar surface area (TPSA) is 55.1 Å². The minimum Gasteiger partial charge on any atom is -0.339 e. The van der Waals surface area contributed by atoms with E-state index in [4.69, 9.17) is 4.98 Å². The molecule has 0 saturated carbocycles. The lowest BCUT2D eigenvalue weighted by atomic mass is 10.1. The molecule has 0 radical (unpaired) electrons. The number of hydrogen-bond donors (Lipinski definition) is 1. The van der Waals surface area contributed by atoms with Crippen molar-refractivity contribution < 1.29 is 0 Å². The number of fused-ring (bicyclic) bond motifs is 1. The van der Waals surface area contributed by atoms with E-state index in [1.807, 2.05) is 53.2 Å². The molecule has 1 aromatic carbocycles. The summed E-state index contributed by atoms with van der Waals surface area (Å²) in [5.41, 5.74) is 4.92. The third-order valence-corrected chi connectivity index (χ3v) is 3.88. The second-order valence-electron chi connectivity index (χ2n) is 5.49. The van der Waals surface area contributed by atoms with Crippen molar-refractivity contribution in [1.82, 2.24) is 19.6 Å². The van der Waals surface area contributed by atoms with Gasteiger partial charge in [-0.2, -0.15) is 5.10 Å². The molecule has 0 amide bonds. The van der Waals surface area contributed by atoms with Crippen LogP contribution in [0.3, 0.4) is 0 Å². The van der Waals surface area contributed by atoms with Gasteiger partial charge >= 0.3 is 0 Å². The Labute approximate surface area is 140 Å². The van der Waals surface area contributed by atoms with Crippen LogP contribution in [0.5, 0.6) is 0 Å². The molecule has 5 nitrogen and oxygen atoms in total. The molecule has 3 aromatic heterocycles. The summed E-state index contributed by atoms with van der Waals surface area (Å²) in [7, 11) is 0. The monoisotopic (exact) mass is 315 g/mol. The number of pyridine rings is 1. The number of nitrogens with zero attached hydrogens (tertiary/aromatic N) is 4. The molecule has 0 aliphatic rings. The van der Waals surface area contributed by atoms with Gasteiger partial charge in [-0.3, -0.25) is 4.98 Å². The minimum absolute atomic E-state index is 0.719. The summed E-state index contributed by atoms with van der Waals surface area (Å²) in [6.45, 7) is 2.10. The van der Waals surface area contributed by atoms with Crippen LogP contribution < -0.4 is 5.32 Å². The van der Waals surface area contributed by atoms with Crippen molar-refractivity contribution in [3.8, 4) is 11.3 Å². The van der Waals surface area contributed by atoms with Crippen molar-refractivity contribution in [3.63, 3.8) is 0 Å². The number of hydrogen-bond acceptors (Lipinski definition) is 4. The van der Waals surface area contributed by atoms with Gasteiger partial charge in [0.05, 0.1) is 34.9 Å². The Hall–Kier alpha value is -3.21. The zero-order valence-corrected chi connectivity index (χ0v) is 13.3. The maximum Gasteiger partial charge on any atom is 0.149 e. The molecule has 5 heteroatoms. The maximum absolute atomic E-state index is 4.74. The summed E-state index contributed by atoms with van der Waals surface area (Å²) in [6.07, 6.45) is 6.32. The van der Waals surface area contributed by atoms with Crippen LogP contribution in [0.1, 0.15) is 12.6 Å². The summed E-state index contributed by atoms with van der Waals surface area (Å²) in [5, 5.41) is 7.94. The Morgan fingerprint density at radius 2 is 1.83 bits per heavy atom. The van der Waals surface area contributed by atoms with Crippen LogP contribution in [0.25, 0.3) is 16.8 Å². The number of para-hydroxylation sites is 1. The van der Waals surface area contributed by atoms with Crippen molar-refractivity contribution >= 4 is 17.0 Å². The van der Waals surface area contributed by atoms with Crippen molar-refractivity contribution in [2.75, 3.05) is 5.32 Å². The van der Waals surface area contributed by atoms with Crippen LogP contribution in [0.2, 0.25) is 0 Å². The first kappa shape index (κ1) is 14.4. The first-order valence-electron chi connectivity index (χ1n) is 7.96. The van der Waals surface area contributed by atoms with E-state index < -0.39 is 0 Å². The van der Waals surface area contributed by atoms with Gasteiger partial charge in [0.2, 0.25) is 0 Å². The number of aromatic nitrogens is 4. The van der Waals surface area contributed by atoms with Crippen molar-refractivity contribution in [2.45, 2.75) is 13.3 Å². The first-order chi connectivity index (χ1) is 11.8. The number of anilines is 2. The van der Waals surface area contributed by atoms with Crippen LogP contribution in [0.15, 0.2) is 67.1 Å². The predicted octanol–water partition coefficient (Wildman–Crippen LogP) is 4.10. The molecule has 0 saturated heterocycles. The summed E-state index contributed by atoms with van der Waals surface area (Å²) in [4.78, 5) is 9.10. The first-order valence-corrected chi connectivity index (χ1v) is 7.96. The van der Waals surface area contributed by atoms with Gasteiger partial charge in [-0.1, -0.05) is 31.2 Å². The van der Waals surface area contributed by atoms with Gasteiger partial charge in [0.1, 0.15) is 5.82 Å². The van der Waals surface area contributed by atoms with E-state index in [9.17, 15) is 0 Å². The highest BCUT2D eigenvalue weighted by Gasteiger charge is 2.15. The van der Waals surface area contributed by atoms with E-state index >= 15 is 0 Å². The highest BCUT2D eigenvalue weighted by molar-refractivity contribution is 5.80. The normalized spacial score (nSPS) is 10.9. The van der Waals surface area contributed by atoms with Gasteiger partial charge < -0.3 is 5.32 Å². The summed E-state index contributed by atoms with van der Waals surface area (Å²) < 4.78 is 1.90. The largest absolute Gasteiger partial charge is 0.339 e. The van der Waals surface area contributed by atoms with Gasteiger partial charge in [0, 0.05) is 11.9 Å². The highest BCUT2D eigenvalue weighted by atomic mass is 15.2. The standard InChI is InChI=1S/C19H17N5/c1-2-15-19(17-10-6-7-11-24(17)23-15)16-12-20-13-18(22-16)21-14-8-4-3-5-9-14/h3-13H,2H2,1H3,(H,21,22). The van der Waals surface area contributed by atoms with Crippen LogP contribution in [-0.4, -0.2) is 19.6 Å². The molecule has 0 unspecified atom stereocenters. The molecule has 4 rings (SSSR count). The van der Waals surface area contributed by atoms with Gasteiger partial charge in [0.25, 0.3) is 0 Å². The van der Waals surface area contributed by atoms with Crippen LogP contribution in [0.4, 0.5) is 11.5 Å². The molecule has 24 heavy (non-hydrogen) atoms. The van der Waals surface area contributed by atoms with Gasteiger partial charge in [-0.15, -0.1) is 0 Å². The van der Waals surface area contributed by atoms with E-state index in [1.165, 1.54) is 0 Å². The fourth-order valence-electron chi connectivity index (χ4n) is 2.79. The molecule has 4 aromatic rings. The summed E-state index contributed by atoms with van der Waals surface area (Å²) >= 11 is 0. The SMILES string of the molecule is CCc1nn2ccccc2c1-c1cncc(Nc2ccccc2)n1. The fraction of sp³-hybridized carbons (Fsp3) is 0.105. The molecular weight excluding hydrogens is 298 g/mol. The molecule has 0 bridgehead atoms. The fourth-order valence-corrected chi connectivity index (χ4v) is 2.79. The van der Waals surface area contributed by atoms with Gasteiger partial charge in [-0.05, 0) is 30.7 Å². The van der Waals surface area contributed by atoms with Gasteiger partial charge in [0.15, 0.2) is 0 Å². The third-order valence-electron chi connectivity index (χ3n) is 3.88. The number of benzene rings is 1. The molecule has 3 heterocycles. The lowest BCUT2D eigenvalue weighted by Crippen LogP contribution is -1.97. The molecule has 0 aliphatic carbocycles. The Balaban J connectivity index is 1.79. The smallest absolute Gasteiger partial charge is 0.149 e. The highest BCUT2D eigenvalue weighted by Crippen LogP contribution is 2.28. The van der Waals surface area contributed by atoms with E-state index in [0.717, 1.165) is 40.4 Å². The maximum atomic E-state index is 4.74. The quantitative estimate of drug-likeness (QED) is 0.616. The Bertz CT molecular complexity index is 975. The summed E-state index contributed by atoms with van der Waals surface area (Å²) in [6, 6.07) is 16.0. The second-order valence-corrected chi connectivity index (χ2v) is 5.49. The molecule has 0 fully saturated rings. The lowest BCUT2D eigenvalue weighted by molar-refractivity contribution is 0.898. The van der Waals surface area contributed by atoms with Crippen molar-refractivity contribution in [1.29, 1.82) is 0 Å². The van der Waals surface area contributed by atoms with E-state index in [1.54, 1.807) is 12.4 Å². The third kappa shape index (κ3) is 2.60. The summed E-state index contributed by atoms with van der Waals surface area (Å²) in [5.74, 6) is 0.719. The minimum atomic E-state index is 0.719. The molecule has 0 aliphatic heterocycles. The van der Waals surface area contributed by atoms with Gasteiger partial charge in [-0.25, -0.2) is 9.50 Å². The molecule has 118 valence electrons. The van der Waals surface area contributed by atoms with Crippen molar-refractivity contribution in [2.24, 2.45) is 0 Å². The second kappa shape index (κ2) is 6.12. The Morgan fingerprint density at radius 3 is 2.67 bits per heavy atom. The van der Waals surface area contributed by atoms with E-state index in [2.05, 4.69) is 28.4 Å².